The van der Waals surface area contributed by atoms with Gasteiger partial charge in [-0.1, -0.05) is 17.4 Å². The van der Waals surface area contributed by atoms with Gasteiger partial charge in [-0.25, -0.2) is 9.48 Å². The zero-order valence-electron chi connectivity index (χ0n) is 11.9. The van der Waals surface area contributed by atoms with Crippen LogP contribution in [0.2, 0.25) is 0 Å². The van der Waals surface area contributed by atoms with Crippen LogP contribution in [-0.4, -0.2) is 52.5 Å². The number of aromatic nitrogens is 3. The molecule has 2 heterocycles. The molecule has 0 radical (unpaired) electrons. The molecule has 1 aromatic heterocycles. The molecule has 1 aromatic rings. The highest BCUT2D eigenvalue weighted by Gasteiger charge is 2.48. The predicted molar refractivity (Wildman–Crippen MR) is 72.6 cm³/mol. The number of aliphatic hydroxyl groups excluding tert-OH is 1. The second-order valence-corrected chi connectivity index (χ2v) is 5.68. The van der Waals surface area contributed by atoms with E-state index >= 15 is 0 Å². The van der Waals surface area contributed by atoms with Crippen molar-refractivity contribution in [1.29, 1.82) is 0 Å². The Morgan fingerprint density at radius 2 is 2.43 bits per heavy atom. The Balaban J connectivity index is 1.79. The normalized spacial score (nSPS) is 32.3. The highest BCUT2D eigenvalue weighted by Crippen LogP contribution is 2.47. The topological polar surface area (TPSA) is 86.5 Å². The first kappa shape index (κ1) is 14.2. The Hall–Kier alpha value is -1.73. The molecule has 1 spiro atoms. The molecule has 1 aliphatic heterocycles. The fourth-order valence-corrected chi connectivity index (χ4v) is 3.22. The summed E-state index contributed by atoms with van der Waals surface area (Å²) < 4.78 is 11.8. The van der Waals surface area contributed by atoms with Crippen LogP contribution in [0.3, 0.4) is 0 Å². The molecule has 0 unspecified atom stereocenters. The summed E-state index contributed by atoms with van der Waals surface area (Å²) in [6.07, 6.45) is 7.45. The third-order valence-corrected chi connectivity index (χ3v) is 4.47. The van der Waals surface area contributed by atoms with Crippen LogP contribution < -0.4 is 0 Å². The van der Waals surface area contributed by atoms with E-state index < -0.39 is 12.1 Å². The van der Waals surface area contributed by atoms with Crippen molar-refractivity contribution in [3.8, 4) is 0 Å². The molecule has 1 N–H and O–H groups in total. The van der Waals surface area contributed by atoms with Gasteiger partial charge in [0, 0.05) is 5.41 Å². The largest absolute Gasteiger partial charge is 0.464 e. The van der Waals surface area contributed by atoms with Crippen LogP contribution in [0, 0.1) is 5.41 Å². The van der Waals surface area contributed by atoms with Gasteiger partial charge in [-0.2, -0.15) is 0 Å². The summed E-state index contributed by atoms with van der Waals surface area (Å²) in [5, 5.41) is 18.5. The average molecular weight is 293 g/mol. The fraction of sp³-hybridized carbons (Fsp3) is 0.643. The lowest BCUT2D eigenvalue weighted by Crippen LogP contribution is -2.37. The zero-order valence-corrected chi connectivity index (χ0v) is 11.9. The second-order valence-electron chi connectivity index (χ2n) is 5.68. The summed E-state index contributed by atoms with van der Waals surface area (Å²) in [5.74, 6) is -0.524. The molecule has 1 saturated carbocycles. The first-order valence-corrected chi connectivity index (χ1v) is 7.07. The highest BCUT2D eigenvalue weighted by molar-refractivity contribution is 5.86. The SMILES string of the molecule is COC(=O)c1cn([C@@H]2CC[C@]3(CC=CCOC3)[C@H]2O)nn1. The van der Waals surface area contributed by atoms with Gasteiger partial charge in [0.2, 0.25) is 0 Å². The van der Waals surface area contributed by atoms with Crippen LogP contribution in [0.1, 0.15) is 35.8 Å². The summed E-state index contributed by atoms with van der Waals surface area (Å²) in [7, 11) is 1.30. The lowest BCUT2D eigenvalue weighted by molar-refractivity contribution is -0.0286. The Labute approximate surface area is 122 Å². The van der Waals surface area contributed by atoms with E-state index in [0.717, 1.165) is 19.3 Å². The third kappa shape index (κ3) is 2.47. The molecule has 21 heavy (non-hydrogen) atoms. The van der Waals surface area contributed by atoms with Gasteiger partial charge < -0.3 is 14.6 Å². The minimum absolute atomic E-state index is 0.155. The second kappa shape index (κ2) is 5.57. The molecule has 114 valence electrons. The summed E-state index contributed by atoms with van der Waals surface area (Å²) in [6, 6.07) is -0.189. The van der Waals surface area contributed by atoms with Gasteiger partial charge in [0.15, 0.2) is 5.69 Å². The van der Waals surface area contributed by atoms with E-state index in [2.05, 4.69) is 21.1 Å². The number of carbonyl (C=O) groups excluding carboxylic acids is 1. The van der Waals surface area contributed by atoms with Crippen molar-refractivity contribution in [2.45, 2.75) is 31.4 Å². The van der Waals surface area contributed by atoms with Gasteiger partial charge in [-0.3, -0.25) is 0 Å². The third-order valence-electron chi connectivity index (χ3n) is 4.47. The molecule has 7 nitrogen and oxygen atoms in total. The number of nitrogens with zero attached hydrogens (tertiary/aromatic N) is 3. The molecule has 0 amide bonds. The monoisotopic (exact) mass is 293 g/mol. The minimum atomic E-state index is -0.576. The van der Waals surface area contributed by atoms with Crippen LogP contribution in [0.5, 0.6) is 0 Å². The lowest BCUT2D eigenvalue weighted by Gasteiger charge is -2.31. The van der Waals surface area contributed by atoms with E-state index in [1.807, 2.05) is 6.08 Å². The van der Waals surface area contributed by atoms with Gasteiger partial charge in [0.25, 0.3) is 0 Å². The number of allylic oxidation sites excluding steroid dienone is 1. The highest BCUT2D eigenvalue weighted by atomic mass is 16.5. The molecule has 3 atom stereocenters. The van der Waals surface area contributed by atoms with Crippen LogP contribution >= 0.6 is 0 Å². The Bertz CT molecular complexity index is 556. The van der Waals surface area contributed by atoms with E-state index in [9.17, 15) is 9.90 Å². The zero-order chi connectivity index (χ0) is 14.9. The number of hydrogen-bond acceptors (Lipinski definition) is 6. The number of hydrogen-bond donors (Lipinski definition) is 1. The average Bonchev–Trinajstić information content (AvgIpc) is 3.00. The minimum Gasteiger partial charge on any atom is -0.464 e. The maximum Gasteiger partial charge on any atom is 0.360 e. The van der Waals surface area contributed by atoms with E-state index in [1.165, 1.54) is 13.3 Å². The van der Waals surface area contributed by atoms with Crippen LogP contribution in [0.25, 0.3) is 0 Å². The predicted octanol–water partition coefficient (Wildman–Crippen LogP) is 0.723. The van der Waals surface area contributed by atoms with Crippen molar-refractivity contribution in [1.82, 2.24) is 15.0 Å². The quantitative estimate of drug-likeness (QED) is 0.639. The van der Waals surface area contributed by atoms with Gasteiger partial charge in [0.1, 0.15) is 0 Å². The molecule has 7 heteroatoms. The summed E-state index contributed by atoms with van der Waals surface area (Å²) in [5.41, 5.74) is -0.114. The number of carbonyl (C=O) groups is 1. The van der Waals surface area contributed by atoms with Gasteiger partial charge in [-0.05, 0) is 19.3 Å². The van der Waals surface area contributed by atoms with E-state index in [1.54, 1.807) is 4.68 Å². The molecule has 3 rings (SSSR count). The fourth-order valence-electron chi connectivity index (χ4n) is 3.22. The van der Waals surface area contributed by atoms with Gasteiger partial charge >= 0.3 is 5.97 Å². The van der Waals surface area contributed by atoms with Crippen molar-refractivity contribution in [2.75, 3.05) is 20.3 Å². The summed E-state index contributed by atoms with van der Waals surface area (Å²) in [4.78, 5) is 11.4. The molecule has 0 saturated heterocycles. The molecule has 2 aliphatic rings. The van der Waals surface area contributed by atoms with Crippen molar-refractivity contribution in [2.24, 2.45) is 5.41 Å². The smallest absolute Gasteiger partial charge is 0.360 e. The maximum absolute atomic E-state index is 11.4. The van der Waals surface area contributed by atoms with Crippen LogP contribution in [-0.2, 0) is 9.47 Å². The van der Waals surface area contributed by atoms with Crippen molar-refractivity contribution < 1.29 is 19.4 Å². The number of ether oxygens (including phenoxy) is 2. The van der Waals surface area contributed by atoms with Crippen molar-refractivity contribution >= 4 is 5.97 Å². The molecule has 1 fully saturated rings. The summed E-state index contributed by atoms with van der Waals surface area (Å²) >= 11 is 0. The van der Waals surface area contributed by atoms with Crippen molar-refractivity contribution in [3.63, 3.8) is 0 Å². The number of methoxy groups -OCH3 is 1. The number of aliphatic hydroxyl groups is 1. The molecular formula is C14H19N3O4. The first-order chi connectivity index (χ1) is 10.2. The molecular weight excluding hydrogens is 274 g/mol. The summed E-state index contributed by atoms with van der Waals surface area (Å²) in [6.45, 7) is 1.13. The van der Waals surface area contributed by atoms with E-state index in [-0.39, 0.29) is 17.2 Å². The molecule has 1 aliphatic carbocycles. The van der Waals surface area contributed by atoms with Crippen molar-refractivity contribution in [3.05, 3.63) is 24.0 Å². The first-order valence-electron chi connectivity index (χ1n) is 7.07. The Kier molecular flexibility index (Phi) is 3.77. The Morgan fingerprint density at radius 3 is 3.24 bits per heavy atom. The molecule has 0 aromatic carbocycles. The van der Waals surface area contributed by atoms with E-state index in [0.29, 0.717) is 13.2 Å². The number of esters is 1. The maximum atomic E-state index is 11.4. The Morgan fingerprint density at radius 1 is 1.57 bits per heavy atom. The van der Waals surface area contributed by atoms with E-state index in [4.69, 9.17) is 4.74 Å². The van der Waals surface area contributed by atoms with Crippen LogP contribution in [0.15, 0.2) is 18.3 Å². The van der Waals surface area contributed by atoms with Gasteiger partial charge in [0.05, 0.1) is 38.7 Å². The number of rotatable bonds is 2. The van der Waals surface area contributed by atoms with Crippen LogP contribution in [0.4, 0.5) is 0 Å². The lowest BCUT2D eigenvalue weighted by atomic mass is 9.81. The van der Waals surface area contributed by atoms with Gasteiger partial charge in [-0.15, -0.1) is 5.10 Å². The molecule has 0 bridgehead atoms. The standard InChI is InChI=1S/C14H19N3O4/c1-20-13(19)10-8-17(16-15-10)11-4-6-14(12(11)18)5-2-3-7-21-9-14/h2-3,8,11-12,18H,4-7,9H2,1H3/t11-,12+,14+/m1/s1.